The minimum absolute atomic E-state index is 0.219. The predicted octanol–water partition coefficient (Wildman–Crippen LogP) is 2.53. The molecule has 1 aromatic rings. The van der Waals surface area contributed by atoms with Crippen molar-refractivity contribution in [3.8, 4) is 5.75 Å². The van der Waals surface area contributed by atoms with Crippen molar-refractivity contribution in [2.24, 2.45) is 0 Å². The molecule has 0 aliphatic heterocycles. The molecule has 1 atom stereocenters. The Morgan fingerprint density at radius 2 is 2.00 bits per heavy atom. The normalized spacial score (nSPS) is 13.4. The van der Waals surface area contributed by atoms with Crippen LogP contribution in [0.4, 0.5) is 0 Å². The maximum absolute atomic E-state index is 11.0. The molecule has 0 aliphatic rings. The Labute approximate surface area is 107 Å². The van der Waals surface area contributed by atoms with Crippen LogP contribution in [-0.4, -0.2) is 33.3 Å². The van der Waals surface area contributed by atoms with Crippen LogP contribution < -0.4 is 4.74 Å². The Kier molecular flexibility index (Phi) is 5.33. The van der Waals surface area contributed by atoms with Crippen LogP contribution in [0, 0.1) is 0 Å². The van der Waals surface area contributed by atoms with Crippen LogP contribution in [0.1, 0.15) is 17.7 Å². The highest BCUT2D eigenvalue weighted by Gasteiger charge is 2.12. The molecule has 0 aliphatic carbocycles. The zero-order valence-electron chi connectivity index (χ0n) is 10.3. The lowest BCUT2D eigenvalue weighted by Gasteiger charge is -2.14. The van der Waals surface area contributed by atoms with Gasteiger partial charge in [-0.3, -0.25) is 0 Å². The third-order valence-corrected chi connectivity index (χ3v) is 4.80. The van der Waals surface area contributed by atoms with E-state index in [2.05, 4.69) is 6.92 Å². The number of methoxy groups -OCH3 is 1. The largest absolute Gasteiger partial charge is 0.496 e. The van der Waals surface area contributed by atoms with E-state index in [9.17, 15) is 8.42 Å². The fourth-order valence-corrected chi connectivity index (χ4v) is 3.79. The Morgan fingerprint density at radius 3 is 2.59 bits per heavy atom. The fraction of sp³-hybridized carbons (Fsp3) is 0.500. The Hall–Kier alpha value is -0.680. The third kappa shape index (κ3) is 5.00. The van der Waals surface area contributed by atoms with Crippen LogP contribution in [-0.2, 0) is 9.84 Å². The van der Waals surface area contributed by atoms with Gasteiger partial charge in [0.2, 0.25) is 0 Å². The van der Waals surface area contributed by atoms with E-state index in [0.717, 1.165) is 11.3 Å². The van der Waals surface area contributed by atoms with E-state index in [1.54, 1.807) is 18.9 Å². The van der Waals surface area contributed by atoms with E-state index >= 15 is 0 Å². The summed E-state index contributed by atoms with van der Waals surface area (Å²) in [7, 11) is -1.22. The molecule has 0 radical (unpaired) electrons. The molecule has 0 aromatic heterocycles. The lowest BCUT2D eigenvalue weighted by Crippen LogP contribution is -2.06. The highest BCUT2D eigenvalue weighted by Crippen LogP contribution is 2.34. The molecule has 0 saturated heterocycles. The number of hydrogen-bond donors (Lipinski definition) is 0. The minimum atomic E-state index is -2.87. The van der Waals surface area contributed by atoms with Gasteiger partial charge in [0.1, 0.15) is 15.6 Å². The van der Waals surface area contributed by atoms with Gasteiger partial charge in [0, 0.05) is 22.8 Å². The smallest absolute Gasteiger partial charge is 0.148 e. The molecule has 1 aromatic carbocycles. The molecule has 1 unspecified atom stereocenters. The number of sulfone groups is 1. The van der Waals surface area contributed by atoms with Crippen molar-refractivity contribution >= 4 is 21.6 Å². The number of hydrogen-bond acceptors (Lipinski definition) is 4. The molecule has 0 fully saturated rings. The summed E-state index contributed by atoms with van der Waals surface area (Å²) in [5.74, 6) is 1.68. The van der Waals surface area contributed by atoms with Crippen molar-refractivity contribution in [1.29, 1.82) is 0 Å². The standard InChI is InChI=1S/C12H18O3S2/c1-10(16-8-9-17(3,13)14)11-6-4-5-7-12(11)15-2/h4-7,10H,8-9H2,1-3H3. The van der Waals surface area contributed by atoms with Gasteiger partial charge in [0.05, 0.1) is 12.9 Å². The van der Waals surface area contributed by atoms with Crippen LogP contribution in [0.25, 0.3) is 0 Å². The van der Waals surface area contributed by atoms with Crippen molar-refractivity contribution in [1.82, 2.24) is 0 Å². The summed E-state index contributed by atoms with van der Waals surface area (Å²) in [5.41, 5.74) is 1.11. The Bertz CT molecular complexity index is 455. The van der Waals surface area contributed by atoms with Crippen molar-refractivity contribution < 1.29 is 13.2 Å². The lowest BCUT2D eigenvalue weighted by atomic mass is 10.1. The summed E-state index contributed by atoms with van der Waals surface area (Å²) in [4.78, 5) is 0. The van der Waals surface area contributed by atoms with Crippen molar-refractivity contribution in [3.63, 3.8) is 0 Å². The zero-order chi connectivity index (χ0) is 12.9. The maximum Gasteiger partial charge on any atom is 0.148 e. The molecule has 0 amide bonds. The molecule has 0 spiro atoms. The summed E-state index contributed by atoms with van der Waals surface area (Å²) in [5, 5.41) is 0.230. The summed E-state index contributed by atoms with van der Waals surface area (Å²) < 4.78 is 27.4. The number of ether oxygens (including phenoxy) is 1. The first-order chi connectivity index (χ1) is 7.94. The summed E-state index contributed by atoms with van der Waals surface area (Å²) >= 11 is 1.63. The average molecular weight is 274 g/mol. The minimum Gasteiger partial charge on any atom is -0.496 e. The van der Waals surface area contributed by atoms with E-state index in [4.69, 9.17) is 4.74 Å². The highest BCUT2D eigenvalue weighted by molar-refractivity contribution is 8.00. The number of para-hydroxylation sites is 1. The molecule has 1 rings (SSSR count). The lowest BCUT2D eigenvalue weighted by molar-refractivity contribution is 0.410. The Balaban J connectivity index is 2.61. The van der Waals surface area contributed by atoms with Crippen LogP contribution in [0.5, 0.6) is 5.75 Å². The van der Waals surface area contributed by atoms with Gasteiger partial charge in [-0.15, -0.1) is 0 Å². The zero-order valence-corrected chi connectivity index (χ0v) is 12.0. The number of benzene rings is 1. The van der Waals surface area contributed by atoms with Gasteiger partial charge < -0.3 is 4.74 Å². The molecule has 96 valence electrons. The quantitative estimate of drug-likeness (QED) is 0.799. The average Bonchev–Trinajstić information content (AvgIpc) is 2.27. The second kappa shape index (κ2) is 6.31. The summed E-state index contributed by atoms with van der Waals surface area (Å²) in [6, 6.07) is 7.82. The van der Waals surface area contributed by atoms with Gasteiger partial charge >= 0.3 is 0 Å². The maximum atomic E-state index is 11.0. The van der Waals surface area contributed by atoms with Crippen LogP contribution in [0.15, 0.2) is 24.3 Å². The molecule has 0 saturated carbocycles. The van der Waals surface area contributed by atoms with Gasteiger partial charge in [-0.25, -0.2) is 8.42 Å². The van der Waals surface area contributed by atoms with E-state index in [0.29, 0.717) is 5.75 Å². The molecule has 17 heavy (non-hydrogen) atoms. The summed E-state index contributed by atoms with van der Waals surface area (Å²) in [6.07, 6.45) is 1.27. The highest BCUT2D eigenvalue weighted by atomic mass is 32.2. The molecule has 5 heteroatoms. The summed E-state index contributed by atoms with van der Waals surface area (Å²) in [6.45, 7) is 2.06. The van der Waals surface area contributed by atoms with E-state index in [1.165, 1.54) is 6.26 Å². The number of thioether (sulfide) groups is 1. The molecular formula is C12H18O3S2. The predicted molar refractivity (Wildman–Crippen MR) is 73.6 cm³/mol. The van der Waals surface area contributed by atoms with Gasteiger partial charge in [-0.05, 0) is 13.0 Å². The van der Waals surface area contributed by atoms with Crippen LogP contribution in [0.3, 0.4) is 0 Å². The SMILES string of the molecule is COc1ccccc1C(C)SCCS(C)(=O)=O. The first kappa shape index (κ1) is 14.4. The Morgan fingerprint density at radius 1 is 1.35 bits per heavy atom. The topological polar surface area (TPSA) is 43.4 Å². The van der Waals surface area contributed by atoms with Crippen molar-refractivity contribution in [3.05, 3.63) is 29.8 Å². The molecular weight excluding hydrogens is 256 g/mol. The second-order valence-electron chi connectivity index (χ2n) is 3.88. The van der Waals surface area contributed by atoms with Crippen LogP contribution >= 0.6 is 11.8 Å². The molecule has 0 N–H and O–H groups in total. The monoisotopic (exact) mass is 274 g/mol. The van der Waals surface area contributed by atoms with Gasteiger partial charge in [0.15, 0.2) is 0 Å². The molecule has 3 nitrogen and oxygen atoms in total. The van der Waals surface area contributed by atoms with Crippen LogP contribution in [0.2, 0.25) is 0 Å². The van der Waals surface area contributed by atoms with E-state index < -0.39 is 9.84 Å². The molecule has 0 heterocycles. The van der Waals surface area contributed by atoms with Crippen molar-refractivity contribution in [2.45, 2.75) is 12.2 Å². The first-order valence-electron chi connectivity index (χ1n) is 5.36. The van der Waals surface area contributed by atoms with Crippen molar-refractivity contribution in [2.75, 3.05) is 24.9 Å². The molecule has 0 bridgehead atoms. The second-order valence-corrected chi connectivity index (χ2v) is 7.59. The van der Waals surface area contributed by atoms with Gasteiger partial charge in [-0.1, -0.05) is 18.2 Å². The van der Waals surface area contributed by atoms with E-state index in [-0.39, 0.29) is 11.0 Å². The fourth-order valence-electron chi connectivity index (χ4n) is 1.47. The first-order valence-corrected chi connectivity index (χ1v) is 8.47. The van der Waals surface area contributed by atoms with E-state index in [1.807, 2.05) is 24.3 Å². The van der Waals surface area contributed by atoms with Gasteiger partial charge in [0.25, 0.3) is 0 Å². The van der Waals surface area contributed by atoms with Gasteiger partial charge in [-0.2, -0.15) is 11.8 Å². The third-order valence-electron chi connectivity index (χ3n) is 2.40. The number of rotatable bonds is 6.